The van der Waals surface area contributed by atoms with Gasteiger partial charge < -0.3 is 10.1 Å². The zero-order valence-corrected chi connectivity index (χ0v) is 25.6. The van der Waals surface area contributed by atoms with Crippen LogP contribution in [0.3, 0.4) is 0 Å². The number of anilines is 1. The van der Waals surface area contributed by atoms with Gasteiger partial charge in [0.1, 0.15) is 17.7 Å². The van der Waals surface area contributed by atoms with Gasteiger partial charge in [0.2, 0.25) is 5.91 Å². The van der Waals surface area contributed by atoms with Crippen LogP contribution in [0.2, 0.25) is 0 Å². The van der Waals surface area contributed by atoms with Gasteiger partial charge in [0.15, 0.2) is 0 Å². The maximum Gasteiger partial charge on any atom is 0.410 e. The maximum atomic E-state index is 14.6. The van der Waals surface area contributed by atoms with Crippen LogP contribution in [0.25, 0.3) is 0 Å². The Morgan fingerprint density at radius 1 is 1.00 bits per heavy atom. The fourth-order valence-electron chi connectivity index (χ4n) is 5.73. The first-order valence-corrected chi connectivity index (χ1v) is 14.9. The molecule has 8 nitrogen and oxygen atoms in total. The third kappa shape index (κ3) is 7.27. The van der Waals surface area contributed by atoms with Crippen LogP contribution >= 0.6 is 0 Å². The number of amides is 3. The molecule has 1 aromatic heterocycles. The summed E-state index contributed by atoms with van der Waals surface area (Å²) >= 11 is 0. The summed E-state index contributed by atoms with van der Waals surface area (Å²) in [5.74, 6) is -0.651. The topological polar surface area (TPSA) is 91.8 Å². The van der Waals surface area contributed by atoms with E-state index >= 15 is 0 Å². The molecule has 222 valence electrons. The van der Waals surface area contributed by atoms with Crippen LogP contribution in [-0.4, -0.2) is 52.0 Å². The summed E-state index contributed by atoms with van der Waals surface area (Å²) in [6.07, 6.45) is 7.93. The number of hydrogen-bond donors (Lipinski definition) is 1. The number of likely N-dealkylation sites (tertiary alicyclic amines) is 1. The summed E-state index contributed by atoms with van der Waals surface area (Å²) in [5.41, 5.74) is 1.56. The molecule has 2 aromatic rings. The number of pyridine rings is 1. The molecule has 8 heteroatoms. The van der Waals surface area contributed by atoms with E-state index in [-0.39, 0.29) is 29.2 Å². The zero-order valence-electron chi connectivity index (χ0n) is 25.6. The zero-order chi connectivity index (χ0) is 29.9. The fraction of sp³-hybridized carbons (Fsp3) is 0.576. The SMILES string of the molecule is CC1CN(C(=O)OC(C)(C)C)C1C(=O)N(c1ccc(C(C)(C)C)cc1)C(C(=O)NC1CCCCC1)c1cccnc1. The minimum atomic E-state index is -0.952. The van der Waals surface area contributed by atoms with Gasteiger partial charge in [-0.15, -0.1) is 0 Å². The Morgan fingerprint density at radius 3 is 2.20 bits per heavy atom. The molecule has 3 amide bonds. The third-order valence-electron chi connectivity index (χ3n) is 7.95. The van der Waals surface area contributed by atoms with Gasteiger partial charge in [0, 0.05) is 42.1 Å². The van der Waals surface area contributed by atoms with Crippen LogP contribution in [0, 0.1) is 5.92 Å². The summed E-state index contributed by atoms with van der Waals surface area (Å²) in [7, 11) is 0. The minimum Gasteiger partial charge on any atom is -0.444 e. The molecule has 1 aromatic carbocycles. The molecule has 3 unspecified atom stereocenters. The van der Waals surface area contributed by atoms with E-state index in [1.54, 1.807) is 23.4 Å². The van der Waals surface area contributed by atoms with E-state index in [0.29, 0.717) is 17.8 Å². The Labute approximate surface area is 244 Å². The van der Waals surface area contributed by atoms with Gasteiger partial charge in [-0.1, -0.05) is 65.2 Å². The highest BCUT2D eigenvalue weighted by molar-refractivity contribution is 6.05. The van der Waals surface area contributed by atoms with Gasteiger partial charge in [-0.05, 0) is 62.8 Å². The van der Waals surface area contributed by atoms with E-state index in [1.165, 1.54) is 11.3 Å². The predicted molar refractivity (Wildman–Crippen MR) is 161 cm³/mol. The first-order valence-electron chi connectivity index (χ1n) is 14.9. The molecule has 4 rings (SSSR count). The van der Waals surface area contributed by atoms with Crippen molar-refractivity contribution >= 4 is 23.6 Å². The van der Waals surface area contributed by atoms with Crippen LogP contribution < -0.4 is 10.2 Å². The highest BCUT2D eigenvalue weighted by Crippen LogP contribution is 2.36. The van der Waals surface area contributed by atoms with Crippen molar-refractivity contribution in [2.24, 2.45) is 5.92 Å². The summed E-state index contributed by atoms with van der Waals surface area (Å²) in [6.45, 7) is 14.2. The van der Waals surface area contributed by atoms with Crippen molar-refractivity contribution in [3.63, 3.8) is 0 Å². The molecule has 41 heavy (non-hydrogen) atoms. The molecule has 1 saturated heterocycles. The Morgan fingerprint density at radius 2 is 1.66 bits per heavy atom. The predicted octanol–water partition coefficient (Wildman–Crippen LogP) is 6.16. The van der Waals surface area contributed by atoms with Crippen molar-refractivity contribution in [3.05, 3.63) is 59.9 Å². The van der Waals surface area contributed by atoms with E-state index < -0.39 is 23.8 Å². The number of ether oxygens (including phenoxy) is 1. The van der Waals surface area contributed by atoms with Gasteiger partial charge in [-0.3, -0.25) is 24.4 Å². The third-order valence-corrected chi connectivity index (χ3v) is 7.95. The van der Waals surface area contributed by atoms with Gasteiger partial charge in [0.25, 0.3) is 5.91 Å². The van der Waals surface area contributed by atoms with E-state index in [1.807, 2.05) is 58.0 Å². The second-order valence-corrected chi connectivity index (χ2v) is 13.6. The summed E-state index contributed by atoms with van der Waals surface area (Å²) < 4.78 is 5.63. The molecule has 2 aliphatic rings. The first kappa shape index (κ1) is 30.5. The number of rotatable bonds is 6. The standard InChI is InChI=1S/C33H46N4O4/c1-22-21-36(31(40)41-33(5,6)7)27(22)30(39)37(26-17-15-24(16-18-26)32(2,3)4)28(23-12-11-19-34-20-23)29(38)35-25-13-9-8-10-14-25/h11-12,15-20,22,25,27-28H,8-10,13-14,21H2,1-7H3,(H,35,38). The lowest BCUT2D eigenvalue weighted by Crippen LogP contribution is -2.66. The largest absolute Gasteiger partial charge is 0.444 e. The monoisotopic (exact) mass is 562 g/mol. The molecule has 2 heterocycles. The van der Waals surface area contributed by atoms with Crippen LogP contribution in [0.5, 0.6) is 0 Å². The molecule has 2 fully saturated rings. The van der Waals surface area contributed by atoms with Gasteiger partial charge >= 0.3 is 6.09 Å². The molecule has 3 atom stereocenters. The Bertz CT molecular complexity index is 1210. The molecular formula is C33H46N4O4. The Hall–Kier alpha value is -3.42. The van der Waals surface area contributed by atoms with Crippen LogP contribution in [0.1, 0.15) is 97.7 Å². The van der Waals surface area contributed by atoms with Crippen molar-refractivity contribution in [2.45, 2.75) is 110 Å². The summed E-state index contributed by atoms with van der Waals surface area (Å²) in [6, 6.07) is 9.78. The molecule has 0 radical (unpaired) electrons. The lowest BCUT2D eigenvalue weighted by molar-refractivity contribution is -0.135. The van der Waals surface area contributed by atoms with Crippen molar-refractivity contribution < 1.29 is 19.1 Å². The first-order chi connectivity index (χ1) is 19.3. The maximum absolute atomic E-state index is 14.6. The second kappa shape index (κ2) is 12.2. The molecule has 0 spiro atoms. The minimum absolute atomic E-state index is 0.0662. The average Bonchev–Trinajstić information content (AvgIpc) is 2.89. The number of benzene rings is 1. The van der Waals surface area contributed by atoms with Crippen LogP contribution in [-0.2, 0) is 19.7 Å². The normalized spacial score (nSPS) is 20.5. The van der Waals surface area contributed by atoms with E-state index in [9.17, 15) is 14.4 Å². The summed E-state index contributed by atoms with van der Waals surface area (Å²) in [4.78, 5) is 49.2. The van der Waals surface area contributed by atoms with Gasteiger partial charge in [-0.25, -0.2) is 4.79 Å². The van der Waals surface area contributed by atoms with Gasteiger partial charge in [-0.2, -0.15) is 0 Å². The Balaban J connectivity index is 1.77. The van der Waals surface area contributed by atoms with Crippen molar-refractivity contribution in [1.82, 2.24) is 15.2 Å². The lowest BCUT2D eigenvalue weighted by Gasteiger charge is -2.48. The molecule has 1 saturated carbocycles. The smallest absolute Gasteiger partial charge is 0.410 e. The number of hydrogen-bond acceptors (Lipinski definition) is 5. The number of nitrogens with zero attached hydrogens (tertiary/aromatic N) is 3. The van der Waals surface area contributed by atoms with E-state index in [0.717, 1.165) is 31.2 Å². The van der Waals surface area contributed by atoms with Crippen molar-refractivity contribution in [1.29, 1.82) is 0 Å². The lowest BCUT2D eigenvalue weighted by atomic mass is 9.86. The summed E-state index contributed by atoms with van der Waals surface area (Å²) in [5, 5.41) is 3.24. The van der Waals surface area contributed by atoms with Gasteiger partial charge in [0.05, 0.1) is 0 Å². The molecule has 1 aliphatic heterocycles. The number of aromatic nitrogens is 1. The van der Waals surface area contributed by atoms with E-state index in [2.05, 4.69) is 31.1 Å². The average molecular weight is 563 g/mol. The molecule has 1 aliphatic carbocycles. The molecule has 1 N–H and O–H groups in total. The van der Waals surface area contributed by atoms with Crippen molar-refractivity contribution in [3.8, 4) is 0 Å². The molecular weight excluding hydrogens is 516 g/mol. The Kier molecular flexibility index (Phi) is 9.10. The number of carbonyl (C=O) groups excluding carboxylic acids is 3. The van der Waals surface area contributed by atoms with Crippen LogP contribution in [0.4, 0.5) is 10.5 Å². The van der Waals surface area contributed by atoms with Crippen LogP contribution in [0.15, 0.2) is 48.8 Å². The quantitative estimate of drug-likeness (QED) is 0.455. The van der Waals surface area contributed by atoms with E-state index in [4.69, 9.17) is 4.74 Å². The fourth-order valence-corrected chi connectivity index (χ4v) is 5.73. The highest BCUT2D eigenvalue weighted by Gasteiger charge is 2.49. The van der Waals surface area contributed by atoms with Crippen molar-refractivity contribution in [2.75, 3.05) is 11.4 Å². The second-order valence-electron chi connectivity index (χ2n) is 13.6. The highest BCUT2D eigenvalue weighted by atomic mass is 16.6. The molecule has 0 bridgehead atoms. The number of carbonyl (C=O) groups is 3. The number of nitrogens with one attached hydrogen (secondary N) is 1.